The first kappa shape index (κ1) is 20.1. The van der Waals surface area contributed by atoms with Crippen LogP contribution in [0.2, 0.25) is 0 Å². The quantitative estimate of drug-likeness (QED) is 0.785. The van der Waals surface area contributed by atoms with E-state index in [1.165, 1.54) is 5.57 Å². The third kappa shape index (κ3) is 4.27. The monoisotopic (exact) mass is 390 g/mol. The summed E-state index contributed by atoms with van der Waals surface area (Å²) in [7, 11) is -3.50. The van der Waals surface area contributed by atoms with Crippen LogP contribution in [0.4, 0.5) is 0 Å². The summed E-state index contributed by atoms with van der Waals surface area (Å²) >= 11 is 0. The van der Waals surface area contributed by atoms with E-state index in [1.807, 2.05) is 4.90 Å². The Morgan fingerprint density at radius 3 is 2.30 bits per heavy atom. The number of carbonyl (C=O) groups is 1. The lowest BCUT2D eigenvalue weighted by Gasteiger charge is -2.32. The second-order valence-electron chi connectivity index (χ2n) is 8.60. The molecule has 2 atom stereocenters. The zero-order valence-electron chi connectivity index (χ0n) is 16.6. The zero-order chi connectivity index (χ0) is 19.8. The average molecular weight is 391 g/mol. The second-order valence-corrected chi connectivity index (χ2v) is 10.3. The van der Waals surface area contributed by atoms with Crippen molar-refractivity contribution in [2.45, 2.75) is 51.5 Å². The number of likely N-dealkylation sites (tertiary alicyclic amines) is 1. The molecule has 1 amide bonds. The third-order valence-corrected chi connectivity index (χ3v) is 7.41. The molecule has 1 aromatic carbocycles. The highest BCUT2D eigenvalue weighted by atomic mass is 32.2. The molecule has 148 valence electrons. The molecule has 1 aliphatic carbocycles. The van der Waals surface area contributed by atoms with Gasteiger partial charge in [-0.2, -0.15) is 0 Å². The topological polar surface area (TPSA) is 66.5 Å². The molecular weight excluding hydrogens is 360 g/mol. The van der Waals surface area contributed by atoms with Gasteiger partial charge in [-0.05, 0) is 50.2 Å². The lowest BCUT2D eigenvalue weighted by molar-refractivity contribution is -0.134. The van der Waals surface area contributed by atoms with E-state index < -0.39 is 10.0 Å². The number of carbonyl (C=O) groups excluding carboxylic acids is 1. The Hall–Kier alpha value is -1.66. The van der Waals surface area contributed by atoms with Crippen LogP contribution in [-0.2, 0) is 14.8 Å². The van der Waals surface area contributed by atoms with Crippen molar-refractivity contribution >= 4 is 15.9 Å². The van der Waals surface area contributed by atoms with Gasteiger partial charge in [-0.1, -0.05) is 43.7 Å². The standard InChI is InChI=1S/C21H30N2O3S/c1-15(2)14-18-19(21(18,3)4)20(24)23-12-10-16(11-13-23)22-27(25,26)17-8-6-5-7-9-17/h5-9,14,16,18-19,22H,10-13H2,1-4H3/t18-,19-/m0/s1. The van der Waals surface area contributed by atoms with E-state index in [-0.39, 0.29) is 28.2 Å². The molecule has 1 saturated carbocycles. The van der Waals surface area contributed by atoms with E-state index in [9.17, 15) is 13.2 Å². The fourth-order valence-electron chi connectivity index (χ4n) is 4.12. The van der Waals surface area contributed by atoms with E-state index in [1.54, 1.807) is 30.3 Å². The third-order valence-electron chi connectivity index (χ3n) is 5.87. The van der Waals surface area contributed by atoms with Gasteiger partial charge in [0.25, 0.3) is 0 Å². The molecule has 1 saturated heterocycles. The summed E-state index contributed by atoms with van der Waals surface area (Å²) in [6, 6.07) is 8.30. The van der Waals surface area contributed by atoms with E-state index in [2.05, 4.69) is 38.5 Å². The molecule has 0 aromatic heterocycles. The summed E-state index contributed by atoms with van der Waals surface area (Å²) in [5, 5.41) is 0. The van der Waals surface area contributed by atoms with Crippen molar-refractivity contribution < 1.29 is 13.2 Å². The summed E-state index contributed by atoms with van der Waals surface area (Å²) in [5.41, 5.74) is 1.26. The molecule has 2 fully saturated rings. The Bertz CT molecular complexity index is 818. The summed E-state index contributed by atoms with van der Waals surface area (Å²) < 4.78 is 27.7. The van der Waals surface area contributed by atoms with Gasteiger partial charge in [-0.25, -0.2) is 13.1 Å². The van der Waals surface area contributed by atoms with Crippen LogP contribution in [0.5, 0.6) is 0 Å². The molecule has 6 heteroatoms. The number of rotatable bonds is 5. The van der Waals surface area contributed by atoms with E-state index in [0.29, 0.717) is 31.8 Å². The number of nitrogens with zero attached hydrogens (tertiary/aromatic N) is 1. The molecule has 0 spiro atoms. The van der Waals surface area contributed by atoms with Gasteiger partial charge >= 0.3 is 0 Å². The smallest absolute Gasteiger partial charge is 0.240 e. The van der Waals surface area contributed by atoms with Crippen molar-refractivity contribution in [1.82, 2.24) is 9.62 Å². The normalized spacial score (nSPS) is 25.1. The lowest BCUT2D eigenvalue weighted by atomic mass is 10.0. The van der Waals surface area contributed by atoms with E-state index in [4.69, 9.17) is 0 Å². The zero-order valence-corrected chi connectivity index (χ0v) is 17.4. The van der Waals surface area contributed by atoms with Crippen LogP contribution in [0.15, 0.2) is 46.9 Å². The SMILES string of the molecule is CC(C)=C[C@H]1[C@@H](C(=O)N2CCC(NS(=O)(=O)c3ccccc3)CC2)C1(C)C. The molecule has 2 aliphatic rings. The lowest BCUT2D eigenvalue weighted by Crippen LogP contribution is -2.47. The van der Waals surface area contributed by atoms with E-state index >= 15 is 0 Å². The van der Waals surface area contributed by atoms with Crippen molar-refractivity contribution in [2.24, 2.45) is 17.3 Å². The predicted octanol–water partition coefficient (Wildman–Crippen LogP) is 3.19. The van der Waals surface area contributed by atoms with Crippen LogP contribution >= 0.6 is 0 Å². The minimum absolute atomic E-state index is 0.0140. The Kier molecular flexibility index (Phi) is 5.50. The Morgan fingerprint density at radius 2 is 1.74 bits per heavy atom. The Morgan fingerprint density at radius 1 is 1.15 bits per heavy atom. The van der Waals surface area contributed by atoms with E-state index in [0.717, 1.165) is 0 Å². The van der Waals surface area contributed by atoms with Crippen molar-refractivity contribution in [3.05, 3.63) is 42.0 Å². The van der Waals surface area contributed by atoms with Crippen LogP contribution in [0.25, 0.3) is 0 Å². The molecule has 3 rings (SSSR count). The second kappa shape index (κ2) is 7.40. The molecule has 5 nitrogen and oxygen atoms in total. The van der Waals surface area contributed by atoms with Crippen molar-refractivity contribution in [2.75, 3.05) is 13.1 Å². The summed E-state index contributed by atoms with van der Waals surface area (Å²) in [5.74, 6) is 0.570. The van der Waals surface area contributed by atoms with Gasteiger partial charge in [-0.3, -0.25) is 4.79 Å². The molecule has 1 N–H and O–H groups in total. The molecule has 1 aliphatic heterocycles. The van der Waals surface area contributed by atoms with Crippen LogP contribution in [0, 0.1) is 17.3 Å². The maximum absolute atomic E-state index is 12.9. The predicted molar refractivity (Wildman–Crippen MR) is 107 cm³/mol. The number of nitrogens with one attached hydrogen (secondary N) is 1. The van der Waals surface area contributed by atoms with Crippen LogP contribution in [0.3, 0.4) is 0 Å². The fourth-order valence-corrected chi connectivity index (χ4v) is 5.45. The molecule has 27 heavy (non-hydrogen) atoms. The number of amides is 1. The molecule has 1 aromatic rings. The molecular formula is C21H30N2O3S. The maximum Gasteiger partial charge on any atom is 0.240 e. The van der Waals surface area contributed by atoms with Crippen LogP contribution in [-0.4, -0.2) is 38.4 Å². The first-order chi connectivity index (χ1) is 12.6. The Labute approximate surface area is 162 Å². The summed E-state index contributed by atoms with van der Waals surface area (Å²) in [4.78, 5) is 15.1. The van der Waals surface area contributed by atoms with Gasteiger partial charge in [0, 0.05) is 19.1 Å². The van der Waals surface area contributed by atoms with Gasteiger partial charge in [0.05, 0.1) is 10.8 Å². The van der Waals surface area contributed by atoms with Gasteiger partial charge in [0.1, 0.15) is 0 Å². The highest BCUT2D eigenvalue weighted by molar-refractivity contribution is 7.89. The highest BCUT2D eigenvalue weighted by Gasteiger charge is 2.61. The van der Waals surface area contributed by atoms with Gasteiger partial charge in [0.2, 0.25) is 15.9 Å². The van der Waals surface area contributed by atoms with Crippen molar-refractivity contribution in [3.63, 3.8) is 0 Å². The molecule has 0 bridgehead atoms. The first-order valence-corrected chi connectivity index (χ1v) is 11.1. The molecule has 0 unspecified atom stereocenters. The van der Waals surface area contributed by atoms with Crippen molar-refractivity contribution in [1.29, 1.82) is 0 Å². The number of sulfonamides is 1. The van der Waals surface area contributed by atoms with Gasteiger partial charge < -0.3 is 4.90 Å². The number of piperidine rings is 1. The van der Waals surface area contributed by atoms with Crippen LogP contribution < -0.4 is 4.72 Å². The Balaban J connectivity index is 1.57. The fraction of sp³-hybridized carbons (Fsp3) is 0.571. The molecule has 0 radical (unpaired) electrons. The summed E-state index contributed by atoms with van der Waals surface area (Å²) in [6.07, 6.45) is 3.51. The molecule has 1 heterocycles. The maximum atomic E-state index is 12.9. The van der Waals surface area contributed by atoms with Crippen LogP contribution in [0.1, 0.15) is 40.5 Å². The highest BCUT2D eigenvalue weighted by Crippen LogP contribution is 2.60. The summed E-state index contributed by atoms with van der Waals surface area (Å²) in [6.45, 7) is 9.66. The minimum Gasteiger partial charge on any atom is -0.342 e. The largest absolute Gasteiger partial charge is 0.342 e. The number of hydrogen-bond acceptors (Lipinski definition) is 3. The number of allylic oxidation sites excluding steroid dienone is 2. The number of benzene rings is 1. The first-order valence-electron chi connectivity index (χ1n) is 9.64. The minimum atomic E-state index is -3.50. The van der Waals surface area contributed by atoms with Gasteiger partial charge in [0.15, 0.2) is 0 Å². The number of hydrogen-bond donors (Lipinski definition) is 1. The van der Waals surface area contributed by atoms with Gasteiger partial charge in [-0.15, -0.1) is 0 Å². The average Bonchev–Trinajstić information content (AvgIpc) is 3.14. The van der Waals surface area contributed by atoms with Crippen molar-refractivity contribution in [3.8, 4) is 0 Å².